The number of benzene rings is 3. The average molecular weight is 412 g/mol. The number of hydrogen-bond acceptors (Lipinski definition) is 2. The van der Waals surface area contributed by atoms with Crippen LogP contribution in [0, 0.1) is 5.92 Å². The first-order chi connectivity index (χ1) is 14.8. The van der Waals surface area contributed by atoms with Crippen molar-refractivity contribution in [3.8, 4) is 0 Å². The van der Waals surface area contributed by atoms with Gasteiger partial charge < -0.3 is 4.74 Å². The SMILES string of the molecule is CCOC(=O)C1=P(c2ccccc2)(c2ccccc2)c2ccccc2C(C2CC2)=C1. The second kappa shape index (κ2) is 7.78. The van der Waals surface area contributed by atoms with E-state index in [-0.39, 0.29) is 5.97 Å². The van der Waals surface area contributed by atoms with Crippen molar-refractivity contribution in [2.24, 2.45) is 5.92 Å². The van der Waals surface area contributed by atoms with Crippen LogP contribution in [0.4, 0.5) is 0 Å². The van der Waals surface area contributed by atoms with E-state index < -0.39 is 6.89 Å². The Morgan fingerprint density at radius 1 is 0.867 bits per heavy atom. The molecule has 3 aromatic carbocycles. The van der Waals surface area contributed by atoms with Crippen LogP contribution in [0.3, 0.4) is 0 Å². The molecule has 0 radical (unpaired) electrons. The van der Waals surface area contributed by atoms with Crippen molar-refractivity contribution in [2.75, 3.05) is 6.61 Å². The monoisotopic (exact) mass is 412 g/mol. The van der Waals surface area contributed by atoms with E-state index in [2.05, 4.69) is 78.9 Å². The zero-order chi connectivity index (χ0) is 20.6. The molecule has 150 valence electrons. The molecule has 0 spiro atoms. The Kier molecular flexibility index (Phi) is 4.97. The Hall–Kier alpha value is -2.83. The second-order valence-corrected chi connectivity index (χ2v) is 11.2. The maximum atomic E-state index is 13.5. The van der Waals surface area contributed by atoms with Crippen molar-refractivity contribution < 1.29 is 9.53 Å². The van der Waals surface area contributed by atoms with E-state index in [9.17, 15) is 4.79 Å². The first-order valence-electron chi connectivity index (χ1n) is 10.6. The van der Waals surface area contributed by atoms with Crippen LogP contribution in [0.2, 0.25) is 0 Å². The molecule has 0 N–H and O–H groups in total. The molecule has 1 heterocycles. The van der Waals surface area contributed by atoms with Gasteiger partial charge in [-0.1, -0.05) is 84.9 Å². The number of allylic oxidation sites excluding steroid dienone is 1. The molecule has 30 heavy (non-hydrogen) atoms. The van der Waals surface area contributed by atoms with Crippen LogP contribution >= 0.6 is 6.89 Å². The van der Waals surface area contributed by atoms with E-state index in [1.165, 1.54) is 39.9 Å². The standard InChI is InChI=1S/C27H25O2P/c1-2-29-27(28)26-19-24(20-17-18-20)23-15-9-10-16-25(23)30(26,21-11-5-3-6-12-21)22-13-7-4-8-14-22/h3-16,19-20H,2,17-18H2,1H3. The number of fused-ring (bicyclic) bond motifs is 1. The van der Waals surface area contributed by atoms with Gasteiger partial charge in [0.1, 0.15) is 0 Å². The fraction of sp³-hybridized carbons (Fsp3) is 0.185. The summed E-state index contributed by atoms with van der Waals surface area (Å²) in [6.45, 7) is -0.108. The van der Waals surface area contributed by atoms with Crippen LogP contribution in [-0.2, 0) is 9.53 Å². The molecule has 2 nitrogen and oxygen atoms in total. The van der Waals surface area contributed by atoms with Gasteiger partial charge in [0.15, 0.2) is 0 Å². The lowest BCUT2D eigenvalue weighted by molar-refractivity contribution is -0.134. The molecule has 0 bridgehead atoms. The molecule has 3 aromatic rings. The van der Waals surface area contributed by atoms with Crippen LogP contribution in [0.25, 0.3) is 5.57 Å². The molecule has 1 fully saturated rings. The number of carbonyl (C=O) groups is 1. The van der Waals surface area contributed by atoms with Gasteiger partial charge in [-0.15, -0.1) is 0 Å². The molecule has 1 aliphatic carbocycles. The largest absolute Gasteiger partial charge is 0.462 e. The van der Waals surface area contributed by atoms with Crippen molar-refractivity contribution in [3.63, 3.8) is 0 Å². The number of hydrogen-bond donors (Lipinski definition) is 0. The fourth-order valence-electron chi connectivity index (χ4n) is 4.60. The highest BCUT2D eigenvalue weighted by molar-refractivity contribution is 7.97. The maximum absolute atomic E-state index is 13.5. The van der Waals surface area contributed by atoms with Gasteiger partial charge in [0, 0.05) is 0 Å². The van der Waals surface area contributed by atoms with Crippen LogP contribution in [0.1, 0.15) is 25.3 Å². The third-order valence-corrected chi connectivity index (χ3v) is 10.3. The Labute approximate surface area is 178 Å². The quantitative estimate of drug-likeness (QED) is 0.455. The van der Waals surface area contributed by atoms with Crippen molar-refractivity contribution in [2.45, 2.75) is 19.8 Å². The summed E-state index contributed by atoms with van der Waals surface area (Å²) in [5.74, 6) is 0.357. The van der Waals surface area contributed by atoms with Gasteiger partial charge in [0.25, 0.3) is 0 Å². The van der Waals surface area contributed by atoms with Gasteiger partial charge in [0.05, 0.1) is 11.9 Å². The molecule has 0 unspecified atom stereocenters. The highest BCUT2D eigenvalue weighted by Gasteiger charge is 2.40. The molecule has 5 rings (SSSR count). The molecule has 1 saturated carbocycles. The molecule has 0 saturated heterocycles. The summed E-state index contributed by atoms with van der Waals surface area (Å²) in [6.07, 6.45) is 4.57. The van der Waals surface area contributed by atoms with E-state index >= 15 is 0 Å². The Morgan fingerprint density at radius 3 is 2.00 bits per heavy atom. The molecule has 0 aromatic heterocycles. The third kappa shape index (κ3) is 2.99. The molecular formula is C27H25O2P. The minimum absolute atomic E-state index is 0.189. The lowest BCUT2D eigenvalue weighted by Crippen LogP contribution is -2.37. The van der Waals surface area contributed by atoms with E-state index in [1.54, 1.807) is 0 Å². The minimum Gasteiger partial charge on any atom is -0.462 e. The number of rotatable bonds is 5. The van der Waals surface area contributed by atoms with Gasteiger partial charge in [-0.05, 0) is 65.7 Å². The van der Waals surface area contributed by atoms with Gasteiger partial charge in [-0.2, -0.15) is 0 Å². The van der Waals surface area contributed by atoms with Crippen molar-refractivity contribution in [1.29, 1.82) is 0 Å². The highest BCUT2D eigenvalue weighted by atomic mass is 31.2. The predicted molar refractivity (Wildman–Crippen MR) is 127 cm³/mol. The third-order valence-electron chi connectivity index (χ3n) is 6.02. The summed E-state index contributed by atoms with van der Waals surface area (Å²) in [5, 5.41) is 4.48. The van der Waals surface area contributed by atoms with Crippen LogP contribution in [-0.4, -0.2) is 17.9 Å². The summed E-state index contributed by atoms with van der Waals surface area (Å²) in [5.41, 5.74) is 2.60. The van der Waals surface area contributed by atoms with Crippen LogP contribution in [0.5, 0.6) is 0 Å². The normalized spacial score (nSPS) is 17.1. The zero-order valence-electron chi connectivity index (χ0n) is 17.1. The number of ether oxygens (including phenoxy) is 1. The lowest BCUT2D eigenvalue weighted by atomic mass is 9.99. The van der Waals surface area contributed by atoms with Crippen LogP contribution in [0.15, 0.2) is 91.0 Å². The van der Waals surface area contributed by atoms with Crippen molar-refractivity contribution >= 4 is 39.6 Å². The first kappa shape index (κ1) is 19.2. The van der Waals surface area contributed by atoms with Gasteiger partial charge in [-0.3, -0.25) is 0 Å². The molecule has 3 heteroatoms. The number of esters is 1. The summed E-state index contributed by atoms with van der Waals surface area (Å²) in [6, 6.07) is 29.8. The van der Waals surface area contributed by atoms with Crippen LogP contribution < -0.4 is 15.9 Å². The molecule has 0 amide bonds. The summed E-state index contributed by atoms with van der Waals surface area (Å²) in [7, 11) is 0. The summed E-state index contributed by atoms with van der Waals surface area (Å²) < 4.78 is 5.65. The Morgan fingerprint density at radius 2 is 1.43 bits per heavy atom. The summed E-state index contributed by atoms with van der Waals surface area (Å²) in [4.78, 5) is 13.5. The Bertz CT molecular complexity index is 1130. The average Bonchev–Trinajstić information content (AvgIpc) is 3.64. The molecule has 1 aliphatic heterocycles. The minimum atomic E-state index is -2.36. The second-order valence-electron chi connectivity index (χ2n) is 7.84. The number of carbonyl (C=O) groups excluding carboxylic acids is 1. The zero-order valence-corrected chi connectivity index (χ0v) is 18.0. The topological polar surface area (TPSA) is 26.3 Å². The molecular weight excluding hydrogens is 387 g/mol. The lowest BCUT2D eigenvalue weighted by Gasteiger charge is -2.36. The molecule has 2 aliphatic rings. The molecule has 0 atom stereocenters. The fourth-order valence-corrected chi connectivity index (χ4v) is 9.06. The smallest absolute Gasteiger partial charge is 0.339 e. The van der Waals surface area contributed by atoms with Gasteiger partial charge >= 0.3 is 5.97 Å². The Balaban J connectivity index is 1.98. The summed E-state index contributed by atoms with van der Waals surface area (Å²) >= 11 is 0. The van der Waals surface area contributed by atoms with E-state index in [0.29, 0.717) is 12.5 Å². The predicted octanol–water partition coefficient (Wildman–Crippen LogP) is 4.52. The van der Waals surface area contributed by atoms with Gasteiger partial charge in [0.2, 0.25) is 0 Å². The maximum Gasteiger partial charge on any atom is 0.339 e. The van der Waals surface area contributed by atoms with E-state index in [1.807, 2.05) is 19.1 Å². The highest BCUT2D eigenvalue weighted by Crippen LogP contribution is 2.54. The van der Waals surface area contributed by atoms with Crippen molar-refractivity contribution in [3.05, 3.63) is 96.6 Å². The van der Waals surface area contributed by atoms with Crippen molar-refractivity contribution in [1.82, 2.24) is 0 Å². The van der Waals surface area contributed by atoms with E-state index in [4.69, 9.17) is 4.74 Å². The van der Waals surface area contributed by atoms with E-state index in [0.717, 1.165) is 5.29 Å². The first-order valence-corrected chi connectivity index (χ1v) is 12.4. The van der Waals surface area contributed by atoms with Gasteiger partial charge in [-0.25, -0.2) is 4.79 Å².